The summed E-state index contributed by atoms with van der Waals surface area (Å²) >= 11 is 0. The highest BCUT2D eigenvalue weighted by molar-refractivity contribution is 5.99. The average molecular weight is 343 g/mol. The number of rotatable bonds is 7. The number of Topliss-reactive ketones (excluding diaryl/α,β-unsaturated/α-hetero) is 1. The second kappa shape index (κ2) is 8.28. The van der Waals surface area contributed by atoms with Crippen LogP contribution in [0.4, 0.5) is 0 Å². The number of hydrogen-bond donors (Lipinski definition) is 1. The first-order valence-corrected chi connectivity index (χ1v) is 7.97. The van der Waals surface area contributed by atoms with E-state index in [0.717, 1.165) is 16.7 Å². The average Bonchev–Trinajstić information content (AvgIpc) is 3.10. The number of aryl methyl sites for hydroxylation is 3. The number of ketones is 1. The first-order chi connectivity index (χ1) is 11.9. The molecule has 1 aromatic heterocycles. The summed E-state index contributed by atoms with van der Waals surface area (Å²) in [6, 6.07) is 6.88. The van der Waals surface area contributed by atoms with E-state index >= 15 is 0 Å². The second-order valence-electron chi connectivity index (χ2n) is 5.82. The van der Waals surface area contributed by atoms with Crippen molar-refractivity contribution in [1.29, 1.82) is 0 Å². The number of nitrogens with one attached hydrogen (secondary N) is 1. The summed E-state index contributed by atoms with van der Waals surface area (Å²) in [5.41, 5.74) is 3.54. The first-order valence-electron chi connectivity index (χ1n) is 7.97. The lowest BCUT2D eigenvalue weighted by Gasteiger charge is -2.09. The van der Waals surface area contributed by atoms with Crippen LogP contribution in [0.15, 0.2) is 34.9 Å². The standard InChI is InChI=1S/C19H21NO5/c1-12-9-14(3)15(10-13(12)2)16(21)11-25-18(22)6-7-20-19(23)17-5-4-8-24-17/h4-5,8-10H,6-7,11H2,1-3H3,(H,20,23). The van der Waals surface area contributed by atoms with Gasteiger partial charge in [0, 0.05) is 12.1 Å². The van der Waals surface area contributed by atoms with Crippen LogP contribution < -0.4 is 5.32 Å². The molecule has 0 aliphatic heterocycles. The molecule has 132 valence electrons. The monoisotopic (exact) mass is 343 g/mol. The van der Waals surface area contributed by atoms with Crippen molar-refractivity contribution < 1.29 is 23.5 Å². The smallest absolute Gasteiger partial charge is 0.308 e. The van der Waals surface area contributed by atoms with Gasteiger partial charge in [0.15, 0.2) is 12.4 Å². The highest BCUT2D eigenvalue weighted by Gasteiger charge is 2.14. The van der Waals surface area contributed by atoms with Gasteiger partial charge < -0.3 is 14.5 Å². The first kappa shape index (κ1) is 18.4. The lowest BCUT2D eigenvalue weighted by atomic mass is 9.98. The van der Waals surface area contributed by atoms with Crippen LogP contribution in [-0.2, 0) is 9.53 Å². The molecule has 0 bridgehead atoms. The predicted octanol–water partition coefficient (Wildman–Crippen LogP) is 2.75. The second-order valence-corrected chi connectivity index (χ2v) is 5.82. The fraction of sp³-hybridized carbons (Fsp3) is 0.316. The molecule has 2 rings (SSSR count). The van der Waals surface area contributed by atoms with Gasteiger partial charge >= 0.3 is 5.97 Å². The SMILES string of the molecule is Cc1cc(C)c(C(=O)COC(=O)CCNC(=O)c2ccco2)cc1C. The Kier molecular flexibility index (Phi) is 6.11. The largest absolute Gasteiger partial charge is 0.459 e. The van der Waals surface area contributed by atoms with Gasteiger partial charge in [-0.1, -0.05) is 6.07 Å². The third-order valence-electron chi connectivity index (χ3n) is 3.87. The molecule has 2 aromatic rings. The quantitative estimate of drug-likeness (QED) is 0.617. The zero-order chi connectivity index (χ0) is 18.4. The molecule has 1 aromatic carbocycles. The van der Waals surface area contributed by atoms with E-state index in [2.05, 4.69) is 5.32 Å². The van der Waals surface area contributed by atoms with Crippen LogP contribution in [0.25, 0.3) is 0 Å². The van der Waals surface area contributed by atoms with Gasteiger partial charge in [-0.25, -0.2) is 0 Å². The van der Waals surface area contributed by atoms with Crippen molar-refractivity contribution >= 4 is 17.7 Å². The molecular weight excluding hydrogens is 322 g/mol. The zero-order valence-corrected chi connectivity index (χ0v) is 14.5. The van der Waals surface area contributed by atoms with Crippen LogP contribution in [0.3, 0.4) is 0 Å². The normalized spacial score (nSPS) is 10.4. The maximum absolute atomic E-state index is 12.2. The molecule has 0 spiro atoms. The maximum atomic E-state index is 12.2. The van der Waals surface area contributed by atoms with E-state index < -0.39 is 11.9 Å². The Labute approximate surface area is 146 Å². The van der Waals surface area contributed by atoms with Gasteiger partial charge in [0.25, 0.3) is 5.91 Å². The van der Waals surface area contributed by atoms with Crippen LogP contribution in [0.2, 0.25) is 0 Å². The summed E-state index contributed by atoms with van der Waals surface area (Å²) in [5, 5.41) is 2.54. The number of amides is 1. The van der Waals surface area contributed by atoms with E-state index in [1.54, 1.807) is 6.07 Å². The number of furan rings is 1. The molecule has 1 N–H and O–H groups in total. The molecule has 0 atom stereocenters. The number of ether oxygens (including phenoxy) is 1. The Balaban J connectivity index is 1.77. The number of benzene rings is 1. The van der Waals surface area contributed by atoms with Gasteiger partial charge in [-0.05, 0) is 55.7 Å². The lowest BCUT2D eigenvalue weighted by Crippen LogP contribution is -2.26. The minimum atomic E-state index is -0.547. The van der Waals surface area contributed by atoms with Crippen LogP contribution in [0.1, 0.15) is 44.0 Å². The van der Waals surface area contributed by atoms with Gasteiger partial charge in [-0.2, -0.15) is 0 Å². The third kappa shape index (κ3) is 5.04. The number of esters is 1. The molecule has 1 amide bonds. The molecule has 0 saturated carbocycles. The van der Waals surface area contributed by atoms with Gasteiger partial charge in [-0.3, -0.25) is 14.4 Å². The highest BCUT2D eigenvalue weighted by Crippen LogP contribution is 2.16. The summed E-state index contributed by atoms with van der Waals surface area (Å²) in [7, 11) is 0. The molecule has 0 aliphatic rings. The molecule has 0 unspecified atom stereocenters. The number of carbonyl (C=O) groups excluding carboxylic acids is 3. The van der Waals surface area contributed by atoms with Crippen molar-refractivity contribution in [3.8, 4) is 0 Å². The van der Waals surface area contributed by atoms with Crippen molar-refractivity contribution in [3.05, 3.63) is 58.5 Å². The molecular formula is C19H21NO5. The molecule has 6 nitrogen and oxygen atoms in total. The number of carbonyl (C=O) groups is 3. The van der Waals surface area contributed by atoms with Gasteiger partial charge in [-0.15, -0.1) is 0 Å². The van der Waals surface area contributed by atoms with Crippen molar-refractivity contribution in [2.75, 3.05) is 13.2 Å². The summed E-state index contributed by atoms with van der Waals surface area (Å²) in [5.74, 6) is -1.02. The summed E-state index contributed by atoms with van der Waals surface area (Å²) in [6.45, 7) is 5.56. The van der Waals surface area contributed by atoms with Crippen molar-refractivity contribution in [3.63, 3.8) is 0 Å². The van der Waals surface area contributed by atoms with Gasteiger partial charge in [0.2, 0.25) is 5.78 Å². The molecule has 0 aliphatic carbocycles. The third-order valence-corrected chi connectivity index (χ3v) is 3.87. The van der Waals surface area contributed by atoms with E-state index in [-0.39, 0.29) is 31.1 Å². The summed E-state index contributed by atoms with van der Waals surface area (Å²) < 4.78 is 9.93. The van der Waals surface area contributed by atoms with Crippen LogP contribution in [0.5, 0.6) is 0 Å². The van der Waals surface area contributed by atoms with E-state index in [4.69, 9.17) is 9.15 Å². The molecule has 1 heterocycles. The van der Waals surface area contributed by atoms with E-state index in [1.165, 1.54) is 12.3 Å². The molecule has 25 heavy (non-hydrogen) atoms. The van der Waals surface area contributed by atoms with Crippen LogP contribution >= 0.6 is 0 Å². The van der Waals surface area contributed by atoms with Gasteiger partial charge in [0.1, 0.15) is 0 Å². The van der Waals surface area contributed by atoms with Crippen molar-refractivity contribution in [2.45, 2.75) is 27.2 Å². The van der Waals surface area contributed by atoms with Crippen molar-refractivity contribution in [1.82, 2.24) is 5.32 Å². The van der Waals surface area contributed by atoms with Crippen LogP contribution in [-0.4, -0.2) is 30.8 Å². The fourth-order valence-electron chi connectivity index (χ4n) is 2.33. The lowest BCUT2D eigenvalue weighted by molar-refractivity contribution is -0.142. The van der Waals surface area contributed by atoms with Crippen LogP contribution in [0, 0.1) is 20.8 Å². The summed E-state index contributed by atoms with van der Waals surface area (Å²) in [6.07, 6.45) is 1.37. The predicted molar refractivity (Wildman–Crippen MR) is 91.6 cm³/mol. The minimum absolute atomic E-state index is 0.0222. The van der Waals surface area contributed by atoms with Gasteiger partial charge in [0.05, 0.1) is 12.7 Å². The topological polar surface area (TPSA) is 85.6 Å². The Morgan fingerprint density at radius 2 is 1.80 bits per heavy atom. The molecule has 0 saturated heterocycles. The molecule has 6 heteroatoms. The van der Waals surface area contributed by atoms with Crippen molar-refractivity contribution in [2.24, 2.45) is 0 Å². The highest BCUT2D eigenvalue weighted by atomic mass is 16.5. The zero-order valence-electron chi connectivity index (χ0n) is 14.5. The van der Waals surface area contributed by atoms with E-state index in [1.807, 2.05) is 32.9 Å². The van der Waals surface area contributed by atoms with E-state index in [0.29, 0.717) is 5.56 Å². The Morgan fingerprint density at radius 3 is 2.48 bits per heavy atom. The molecule has 0 fully saturated rings. The Bertz CT molecular complexity index is 777. The molecule has 0 radical (unpaired) electrons. The maximum Gasteiger partial charge on any atom is 0.308 e. The summed E-state index contributed by atoms with van der Waals surface area (Å²) in [4.78, 5) is 35.5. The Morgan fingerprint density at radius 1 is 1.08 bits per heavy atom. The Hall–Kier alpha value is -2.89. The minimum Gasteiger partial charge on any atom is -0.459 e. The fourth-order valence-corrected chi connectivity index (χ4v) is 2.33. The number of hydrogen-bond acceptors (Lipinski definition) is 5. The van der Waals surface area contributed by atoms with E-state index in [9.17, 15) is 14.4 Å².